The van der Waals surface area contributed by atoms with Crippen LogP contribution < -0.4 is 4.74 Å². The summed E-state index contributed by atoms with van der Waals surface area (Å²) >= 11 is 0. The van der Waals surface area contributed by atoms with Crippen molar-refractivity contribution >= 4 is 5.97 Å². The topological polar surface area (TPSA) is 46.5 Å². The molecule has 6 heteroatoms. The maximum atomic E-state index is 13.5. The molecule has 0 fully saturated rings. The van der Waals surface area contributed by atoms with E-state index in [9.17, 15) is 18.0 Å². The molecule has 16 heavy (non-hydrogen) atoms. The van der Waals surface area contributed by atoms with E-state index in [0.29, 0.717) is 6.07 Å². The minimum atomic E-state index is -1.47. The zero-order valence-corrected chi connectivity index (χ0v) is 8.55. The van der Waals surface area contributed by atoms with Gasteiger partial charge in [-0.1, -0.05) is 0 Å². The first-order valence-electron chi connectivity index (χ1n) is 4.34. The third-order valence-electron chi connectivity index (χ3n) is 2.19. The molecule has 0 amide bonds. The summed E-state index contributed by atoms with van der Waals surface area (Å²) < 4.78 is 43.9. The fourth-order valence-corrected chi connectivity index (χ4v) is 1.23. The lowest BCUT2D eigenvalue weighted by Gasteiger charge is -2.12. The van der Waals surface area contributed by atoms with Crippen LogP contribution >= 0.6 is 0 Å². The Kier molecular flexibility index (Phi) is 3.41. The SMILES string of the molecule is COc1c(F)c(F)cc(C(C)C(=O)O)c1F. The highest BCUT2D eigenvalue weighted by atomic mass is 19.2. The number of carboxylic acid groups (broad SMARTS) is 1. The molecule has 0 heterocycles. The first-order valence-corrected chi connectivity index (χ1v) is 4.34. The summed E-state index contributed by atoms with van der Waals surface area (Å²) in [6.07, 6.45) is 0. The van der Waals surface area contributed by atoms with E-state index in [1.807, 2.05) is 0 Å². The molecule has 1 unspecified atom stereocenters. The lowest BCUT2D eigenvalue weighted by atomic mass is 10.00. The molecule has 3 nitrogen and oxygen atoms in total. The molecule has 0 aliphatic heterocycles. The van der Waals surface area contributed by atoms with Crippen LogP contribution in [0.2, 0.25) is 0 Å². The van der Waals surface area contributed by atoms with Crippen LogP contribution in [-0.2, 0) is 4.79 Å². The fourth-order valence-electron chi connectivity index (χ4n) is 1.23. The number of rotatable bonds is 3. The highest BCUT2D eigenvalue weighted by Crippen LogP contribution is 2.31. The Morgan fingerprint density at radius 1 is 1.38 bits per heavy atom. The molecule has 1 N–H and O–H groups in total. The Labute approximate surface area is 89.5 Å². The van der Waals surface area contributed by atoms with Gasteiger partial charge >= 0.3 is 5.97 Å². The average Bonchev–Trinajstić information content (AvgIpc) is 2.23. The summed E-state index contributed by atoms with van der Waals surface area (Å²) in [6.45, 7) is 1.16. The highest BCUT2D eigenvalue weighted by Gasteiger charge is 2.25. The molecule has 1 rings (SSSR count). The Morgan fingerprint density at radius 2 is 1.94 bits per heavy atom. The van der Waals surface area contributed by atoms with Gasteiger partial charge in [0, 0.05) is 5.56 Å². The van der Waals surface area contributed by atoms with Gasteiger partial charge in [-0.25, -0.2) is 8.78 Å². The molecule has 1 aromatic carbocycles. The molecule has 0 saturated heterocycles. The predicted octanol–water partition coefficient (Wildman–Crippen LogP) is 2.30. The van der Waals surface area contributed by atoms with E-state index in [2.05, 4.69) is 4.74 Å². The molecular formula is C10H9F3O3. The molecule has 0 radical (unpaired) electrons. The van der Waals surface area contributed by atoms with Gasteiger partial charge in [-0.3, -0.25) is 4.79 Å². The van der Waals surface area contributed by atoms with Crippen LogP contribution in [0.3, 0.4) is 0 Å². The van der Waals surface area contributed by atoms with Gasteiger partial charge in [0.1, 0.15) is 0 Å². The van der Waals surface area contributed by atoms with E-state index in [4.69, 9.17) is 5.11 Å². The second kappa shape index (κ2) is 4.42. The molecule has 0 saturated carbocycles. The van der Waals surface area contributed by atoms with Crippen LogP contribution in [0.15, 0.2) is 6.07 Å². The molecule has 0 aromatic heterocycles. The van der Waals surface area contributed by atoms with Crippen LogP contribution in [0.5, 0.6) is 5.75 Å². The third kappa shape index (κ3) is 1.95. The molecule has 1 aromatic rings. The summed E-state index contributed by atoms with van der Waals surface area (Å²) in [5.41, 5.74) is -0.455. The van der Waals surface area contributed by atoms with Crippen LogP contribution in [0.25, 0.3) is 0 Å². The van der Waals surface area contributed by atoms with Crippen molar-refractivity contribution in [3.05, 3.63) is 29.1 Å². The monoisotopic (exact) mass is 234 g/mol. The second-order valence-electron chi connectivity index (χ2n) is 3.17. The van der Waals surface area contributed by atoms with Crippen LogP contribution in [0.1, 0.15) is 18.4 Å². The molecule has 0 aliphatic rings. The number of methoxy groups -OCH3 is 1. The number of ether oxygens (including phenoxy) is 1. The standard InChI is InChI=1S/C10H9F3O3/c1-4(10(14)15)5-3-6(11)8(13)9(16-2)7(5)12/h3-4H,1-2H3,(H,14,15). The molecule has 88 valence electrons. The summed E-state index contributed by atoms with van der Waals surface area (Å²) in [7, 11) is 0.968. The molecule has 0 aliphatic carbocycles. The van der Waals surface area contributed by atoms with Crippen LogP contribution in [0, 0.1) is 17.5 Å². The van der Waals surface area contributed by atoms with E-state index >= 15 is 0 Å². The number of aliphatic carboxylic acids is 1. The maximum absolute atomic E-state index is 13.5. The summed E-state index contributed by atoms with van der Waals surface area (Å²) in [4.78, 5) is 10.6. The number of carbonyl (C=O) groups is 1. The van der Waals surface area contributed by atoms with E-state index in [-0.39, 0.29) is 0 Å². The Hall–Kier alpha value is -1.72. The third-order valence-corrected chi connectivity index (χ3v) is 2.19. The zero-order chi connectivity index (χ0) is 12.5. The molecular weight excluding hydrogens is 225 g/mol. The summed E-state index contributed by atoms with van der Waals surface area (Å²) in [5.74, 6) is -7.56. The molecule has 1 atom stereocenters. The van der Waals surface area contributed by atoms with E-state index in [1.165, 1.54) is 0 Å². The minimum Gasteiger partial charge on any atom is -0.491 e. The first kappa shape index (κ1) is 12.4. The van der Waals surface area contributed by atoms with Gasteiger partial charge in [-0.15, -0.1) is 0 Å². The minimum absolute atomic E-state index is 0.455. The maximum Gasteiger partial charge on any atom is 0.310 e. The number of halogens is 3. The lowest BCUT2D eigenvalue weighted by molar-refractivity contribution is -0.138. The van der Waals surface area contributed by atoms with E-state index in [0.717, 1.165) is 14.0 Å². The normalized spacial score (nSPS) is 12.3. The Morgan fingerprint density at radius 3 is 2.38 bits per heavy atom. The number of benzene rings is 1. The quantitative estimate of drug-likeness (QED) is 0.816. The van der Waals surface area contributed by atoms with Crippen molar-refractivity contribution in [1.82, 2.24) is 0 Å². The van der Waals surface area contributed by atoms with E-state index < -0.39 is 40.7 Å². The van der Waals surface area contributed by atoms with Gasteiger partial charge in [-0.2, -0.15) is 4.39 Å². The fraction of sp³-hybridized carbons (Fsp3) is 0.300. The van der Waals surface area contributed by atoms with Gasteiger partial charge in [0.05, 0.1) is 13.0 Å². The van der Waals surface area contributed by atoms with Gasteiger partial charge in [0.25, 0.3) is 0 Å². The van der Waals surface area contributed by atoms with Gasteiger partial charge in [0.2, 0.25) is 5.82 Å². The smallest absolute Gasteiger partial charge is 0.310 e. The Balaban J connectivity index is 3.42. The second-order valence-corrected chi connectivity index (χ2v) is 3.17. The van der Waals surface area contributed by atoms with Crippen molar-refractivity contribution in [2.24, 2.45) is 0 Å². The summed E-state index contributed by atoms with van der Waals surface area (Å²) in [6, 6.07) is 0.520. The lowest BCUT2D eigenvalue weighted by Crippen LogP contribution is -2.11. The van der Waals surface area contributed by atoms with Crippen molar-refractivity contribution in [3.63, 3.8) is 0 Å². The van der Waals surface area contributed by atoms with Crippen molar-refractivity contribution in [1.29, 1.82) is 0 Å². The van der Waals surface area contributed by atoms with Gasteiger partial charge < -0.3 is 9.84 Å². The first-order chi connectivity index (χ1) is 7.40. The van der Waals surface area contributed by atoms with Crippen LogP contribution in [0.4, 0.5) is 13.2 Å². The number of carboxylic acids is 1. The largest absolute Gasteiger partial charge is 0.491 e. The zero-order valence-electron chi connectivity index (χ0n) is 8.55. The number of hydrogen-bond donors (Lipinski definition) is 1. The molecule has 0 bridgehead atoms. The predicted molar refractivity (Wildman–Crippen MR) is 48.9 cm³/mol. The van der Waals surface area contributed by atoms with Crippen LogP contribution in [-0.4, -0.2) is 18.2 Å². The summed E-state index contributed by atoms with van der Waals surface area (Å²) in [5, 5.41) is 8.66. The van der Waals surface area contributed by atoms with Crippen molar-refractivity contribution in [2.75, 3.05) is 7.11 Å². The number of hydrogen-bond acceptors (Lipinski definition) is 2. The van der Waals surface area contributed by atoms with Gasteiger partial charge in [0.15, 0.2) is 17.4 Å². The van der Waals surface area contributed by atoms with Crippen molar-refractivity contribution in [2.45, 2.75) is 12.8 Å². The van der Waals surface area contributed by atoms with Crippen molar-refractivity contribution < 1.29 is 27.8 Å². The Bertz CT molecular complexity index is 432. The average molecular weight is 234 g/mol. The van der Waals surface area contributed by atoms with Crippen molar-refractivity contribution in [3.8, 4) is 5.75 Å². The highest BCUT2D eigenvalue weighted by molar-refractivity contribution is 5.75. The molecule has 0 spiro atoms. The van der Waals surface area contributed by atoms with E-state index in [1.54, 1.807) is 0 Å². The van der Waals surface area contributed by atoms with Gasteiger partial charge in [-0.05, 0) is 13.0 Å².